The van der Waals surface area contributed by atoms with Crippen LogP contribution in [0.3, 0.4) is 0 Å². The lowest BCUT2D eigenvalue weighted by Gasteiger charge is -2.19. The Morgan fingerprint density at radius 1 is 1.04 bits per heavy atom. The summed E-state index contributed by atoms with van der Waals surface area (Å²) in [5.74, 6) is 0.0957. The van der Waals surface area contributed by atoms with E-state index in [4.69, 9.17) is 0 Å². The van der Waals surface area contributed by atoms with Gasteiger partial charge in [0.15, 0.2) is 0 Å². The van der Waals surface area contributed by atoms with Crippen LogP contribution in [0.25, 0.3) is 0 Å². The minimum absolute atomic E-state index is 0.119. The van der Waals surface area contributed by atoms with Gasteiger partial charge < -0.3 is 16.0 Å². The Hall–Kier alpha value is -2.82. The van der Waals surface area contributed by atoms with E-state index >= 15 is 0 Å². The van der Waals surface area contributed by atoms with Crippen molar-refractivity contribution in [1.29, 1.82) is 0 Å². The van der Waals surface area contributed by atoms with Crippen LogP contribution in [-0.2, 0) is 4.79 Å². The molecule has 0 bridgehead atoms. The zero-order valence-electron chi connectivity index (χ0n) is 15.8. The first-order valence-corrected chi connectivity index (χ1v) is 8.94. The molecule has 0 aliphatic carbocycles. The van der Waals surface area contributed by atoms with E-state index in [1.807, 2.05) is 24.3 Å². The molecule has 3 N–H and O–H groups in total. The third kappa shape index (κ3) is 4.85. The minimum Gasteiger partial charge on any atom is -0.374 e. The van der Waals surface area contributed by atoms with E-state index in [-0.39, 0.29) is 11.8 Å². The van der Waals surface area contributed by atoms with Crippen molar-refractivity contribution in [3.05, 3.63) is 59.7 Å². The maximum absolute atomic E-state index is 12.6. The molecule has 0 radical (unpaired) electrons. The summed E-state index contributed by atoms with van der Waals surface area (Å²) in [6.07, 6.45) is 1.01. The average Bonchev–Trinajstić information content (AvgIpc) is 2.67. The molecule has 5 heteroatoms. The lowest BCUT2D eigenvalue weighted by Crippen LogP contribution is -2.32. The SMILES string of the molecule is CC[C@@H](C)c1ccccc1NC(=O)[C@H](C)Nc1cccc(C(=O)NC)c1. The molecule has 0 unspecified atom stereocenters. The minimum atomic E-state index is -0.445. The molecule has 0 saturated heterocycles. The quantitative estimate of drug-likeness (QED) is 0.705. The second kappa shape index (κ2) is 9.04. The molecule has 2 amide bonds. The van der Waals surface area contributed by atoms with Gasteiger partial charge in [-0.25, -0.2) is 0 Å². The first kappa shape index (κ1) is 19.5. The number of anilines is 2. The Morgan fingerprint density at radius 2 is 1.77 bits per heavy atom. The first-order chi connectivity index (χ1) is 12.5. The van der Waals surface area contributed by atoms with Gasteiger partial charge >= 0.3 is 0 Å². The largest absolute Gasteiger partial charge is 0.374 e. The third-order valence-corrected chi connectivity index (χ3v) is 4.49. The number of carbonyl (C=O) groups excluding carboxylic acids is 2. The Bertz CT molecular complexity index is 773. The fourth-order valence-corrected chi connectivity index (χ4v) is 2.71. The van der Waals surface area contributed by atoms with Gasteiger partial charge in [-0.3, -0.25) is 9.59 Å². The molecular formula is C21H27N3O2. The first-order valence-electron chi connectivity index (χ1n) is 8.94. The third-order valence-electron chi connectivity index (χ3n) is 4.49. The molecule has 0 saturated carbocycles. The molecule has 0 spiro atoms. The highest BCUT2D eigenvalue weighted by atomic mass is 16.2. The Balaban J connectivity index is 2.08. The molecule has 0 fully saturated rings. The molecule has 5 nitrogen and oxygen atoms in total. The fourth-order valence-electron chi connectivity index (χ4n) is 2.71. The monoisotopic (exact) mass is 353 g/mol. The Labute approximate surface area is 155 Å². The van der Waals surface area contributed by atoms with Crippen molar-refractivity contribution in [3.8, 4) is 0 Å². The van der Waals surface area contributed by atoms with Crippen LogP contribution < -0.4 is 16.0 Å². The molecule has 0 heterocycles. The number of para-hydroxylation sites is 1. The van der Waals surface area contributed by atoms with Crippen molar-refractivity contribution in [1.82, 2.24) is 5.32 Å². The molecule has 2 aromatic carbocycles. The van der Waals surface area contributed by atoms with Crippen LogP contribution in [0.5, 0.6) is 0 Å². The summed E-state index contributed by atoms with van der Waals surface area (Å²) in [4.78, 5) is 24.3. The van der Waals surface area contributed by atoms with Crippen molar-refractivity contribution in [2.45, 2.75) is 39.2 Å². The molecule has 2 atom stereocenters. The number of carbonyl (C=O) groups is 2. The van der Waals surface area contributed by atoms with Crippen molar-refractivity contribution in [2.75, 3.05) is 17.7 Å². The van der Waals surface area contributed by atoms with Crippen LogP contribution in [0.15, 0.2) is 48.5 Å². The van der Waals surface area contributed by atoms with Gasteiger partial charge in [-0.15, -0.1) is 0 Å². The van der Waals surface area contributed by atoms with Gasteiger partial charge in [0.05, 0.1) is 0 Å². The number of amides is 2. The predicted molar refractivity (Wildman–Crippen MR) is 107 cm³/mol. The number of nitrogens with one attached hydrogen (secondary N) is 3. The molecular weight excluding hydrogens is 326 g/mol. The standard InChI is InChI=1S/C21H27N3O2/c1-5-14(2)18-11-6-7-12-19(18)24-20(25)15(3)23-17-10-8-9-16(13-17)21(26)22-4/h6-15,23H,5H2,1-4H3,(H,22,26)(H,24,25)/t14-,15+/m1/s1. The lowest BCUT2D eigenvalue weighted by atomic mass is 9.97. The van der Waals surface area contributed by atoms with E-state index in [1.54, 1.807) is 32.2 Å². The summed E-state index contributed by atoms with van der Waals surface area (Å²) in [6, 6.07) is 14.5. The van der Waals surface area contributed by atoms with Gasteiger partial charge in [0.2, 0.25) is 5.91 Å². The summed E-state index contributed by atoms with van der Waals surface area (Å²) in [7, 11) is 1.59. The topological polar surface area (TPSA) is 70.2 Å². The molecule has 2 aromatic rings. The van der Waals surface area contributed by atoms with E-state index in [0.29, 0.717) is 11.5 Å². The molecule has 2 rings (SSSR count). The Kier molecular flexibility index (Phi) is 6.78. The zero-order valence-corrected chi connectivity index (χ0v) is 15.8. The summed E-state index contributed by atoms with van der Waals surface area (Å²) in [6.45, 7) is 6.08. The average molecular weight is 353 g/mol. The van der Waals surface area contributed by atoms with Gasteiger partial charge in [0, 0.05) is 24.0 Å². The van der Waals surface area contributed by atoms with E-state index < -0.39 is 6.04 Å². The normalized spacial score (nSPS) is 12.8. The van der Waals surface area contributed by atoms with Crippen LogP contribution in [-0.4, -0.2) is 24.9 Å². The lowest BCUT2D eigenvalue weighted by molar-refractivity contribution is -0.116. The molecule has 26 heavy (non-hydrogen) atoms. The van der Waals surface area contributed by atoms with Crippen molar-refractivity contribution >= 4 is 23.2 Å². The van der Waals surface area contributed by atoms with E-state index in [1.165, 1.54) is 0 Å². The van der Waals surface area contributed by atoms with Gasteiger partial charge in [-0.05, 0) is 49.1 Å². The number of rotatable bonds is 7. The number of benzene rings is 2. The zero-order chi connectivity index (χ0) is 19.1. The van der Waals surface area contributed by atoms with Crippen molar-refractivity contribution in [3.63, 3.8) is 0 Å². The number of hydrogen-bond acceptors (Lipinski definition) is 3. The van der Waals surface area contributed by atoms with Crippen LogP contribution in [0.2, 0.25) is 0 Å². The van der Waals surface area contributed by atoms with Gasteiger partial charge in [0.25, 0.3) is 5.91 Å². The van der Waals surface area contributed by atoms with Crippen LogP contribution in [0.4, 0.5) is 11.4 Å². The number of hydrogen-bond donors (Lipinski definition) is 3. The summed E-state index contributed by atoms with van der Waals surface area (Å²) < 4.78 is 0. The highest BCUT2D eigenvalue weighted by Crippen LogP contribution is 2.26. The Morgan fingerprint density at radius 3 is 2.46 bits per heavy atom. The van der Waals surface area contributed by atoms with Gasteiger partial charge in [-0.2, -0.15) is 0 Å². The van der Waals surface area contributed by atoms with Gasteiger partial charge in [-0.1, -0.05) is 38.1 Å². The predicted octanol–water partition coefficient (Wildman–Crippen LogP) is 4.00. The summed E-state index contributed by atoms with van der Waals surface area (Å²) in [5, 5.41) is 8.76. The van der Waals surface area contributed by atoms with E-state index in [0.717, 1.165) is 23.4 Å². The second-order valence-electron chi connectivity index (χ2n) is 6.41. The fraction of sp³-hybridized carbons (Fsp3) is 0.333. The highest BCUT2D eigenvalue weighted by molar-refractivity contribution is 5.98. The maximum Gasteiger partial charge on any atom is 0.251 e. The molecule has 0 aromatic heterocycles. The second-order valence-corrected chi connectivity index (χ2v) is 6.41. The summed E-state index contributed by atoms with van der Waals surface area (Å²) >= 11 is 0. The highest BCUT2D eigenvalue weighted by Gasteiger charge is 2.16. The van der Waals surface area contributed by atoms with Crippen LogP contribution in [0, 0.1) is 0 Å². The van der Waals surface area contributed by atoms with E-state index in [2.05, 4.69) is 35.9 Å². The molecule has 0 aliphatic rings. The summed E-state index contributed by atoms with van der Waals surface area (Å²) in [5.41, 5.74) is 3.26. The van der Waals surface area contributed by atoms with Crippen LogP contribution in [0.1, 0.15) is 49.0 Å². The van der Waals surface area contributed by atoms with Gasteiger partial charge in [0.1, 0.15) is 6.04 Å². The van der Waals surface area contributed by atoms with Crippen molar-refractivity contribution < 1.29 is 9.59 Å². The molecule has 0 aliphatic heterocycles. The molecule has 138 valence electrons. The van der Waals surface area contributed by atoms with Crippen molar-refractivity contribution in [2.24, 2.45) is 0 Å². The van der Waals surface area contributed by atoms with E-state index in [9.17, 15) is 9.59 Å². The van der Waals surface area contributed by atoms with Crippen LogP contribution >= 0.6 is 0 Å². The smallest absolute Gasteiger partial charge is 0.251 e. The maximum atomic E-state index is 12.6.